The highest BCUT2D eigenvalue weighted by molar-refractivity contribution is 7.18. The first-order valence-corrected chi connectivity index (χ1v) is 12.8. The van der Waals surface area contributed by atoms with Gasteiger partial charge in [0.05, 0.1) is 4.88 Å². The summed E-state index contributed by atoms with van der Waals surface area (Å²) in [6, 6.07) is 0.396. The summed E-state index contributed by atoms with van der Waals surface area (Å²) in [5.74, 6) is -1.29. The van der Waals surface area contributed by atoms with Crippen molar-refractivity contribution in [1.82, 2.24) is 20.1 Å². The van der Waals surface area contributed by atoms with Crippen molar-refractivity contribution in [1.29, 1.82) is 0 Å². The van der Waals surface area contributed by atoms with Crippen molar-refractivity contribution in [2.45, 2.75) is 69.6 Å². The number of hydrogen-bond acceptors (Lipinski definition) is 8. The molecule has 8 nitrogen and oxygen atoms in total. The van der Waals surface area contributed by atoms with Crippen LogP contribution in [0, 0.1) is 0 Å². The van der Waals surface area contributed by atoms with Crippen LogP contribution in [0.5, 0.6) is 0 Å². The van der Waals surface area contributed by atoms with E-state index in [0.717, 1.165) is 0 Å². The topological polar surface area (TPSA) is 113 Å². The van der Waals surface area contributed by atoms with E-state index in [9.17, 15) is 50.1 Å². The summed E-state index contributed by atoms with van der Waals surface area (Å²) in [6.45, 7) is 4.70. The van der Waals surface area contributed by atoms with Gasteiger partial charge in [0.15, 0.2) is 5.01 Å². The van der Waals surface area contributed by atoms with Crippen LogP contribution < -0.4 is 0 Å². The van der Waals surface area contributed by atoms with Gasteiger partial charge in [-0.2, -0.15) is 26.3 Å². The maximum absolute atomic E-state index is 14.2. The van der Waals surface area contributed by atoms with E-state index in [0.29, 0.717) is 36.8 Å². The van der Waals surface area contributed by atoms with Crippen LogP contribution in [0.1, 0.15) is 67.5 Å². The van der Waals surface area contributed by atoms with Crippen LogP contribution in [0.2, 0.25) is 0 Å². The molecule has 0 saturated carbocycles. The first-order valence-electron chi connectivity index (χ1n) is 11.9. The number of aliphatic hydroxyl groups is 2. The van der Waals surface area contributed by atoms with E-state index in [1.54, 1.807) is 6.92 Å². The highest BCUT2D eigenvalue weighted by Crippen LogP contribution is 2.51. The average Bonchev–Trinajstić information content (AvgIpc) is 3.60. The Labute approximate surface area is 230 Å². The summed E-state index contributed by atoms with van der Waals surface area (Å²) < 4.78 is 114. The minimum Gasteiger partial charge on any atom is -0.415 e. The third-order valence-corrected chi connectivity index (χ3v) is 7.62. The highest BCUT2D eigenvalue weighted by Gasteiger charge is 2.71. The second-order valence-corrected chi connectivity index (χ2v) is 11.0. The quantitative estimate of drug-likeness (QED) is 0.330. The Hall–Kier alpha value is -3.18. The zero-order valence-corrected chi connectivity index (χ0v) is 22.3. The number of benzene rings is 1. The predicted molar refractivity (Wildman–Crippen MR) is 127 cm³/mol. The molecule has 1 fully saturated rings. The summed E-state index contributed by atoms with van der Waals surface area (Å²) in [4.78, 5) is 18.7. The van der Waals surface area contributed by atoms with E-state index in [2.05, 4.69) is 15.2 Å². The summed E-state index contributed by atoms with van der Waals surface area (Å²) in [5.41, 5.74) is -11.2. The van der Waals surface area contributed by atoms with Crippen molar-refractivity contribution >= 4 is 17.2 Å². The van der Waals surface area contributed by atoms with Gasteiger partial charge in [0.25, 0.3) is 23.8 Å². The minimum atomic E-state index is -6.30. The molecule has 0 radical (unpaired) electrons. The number of carbonyl (C=O) groups is 1. The van der Waals surface area contributed by atoms with Gasteiger partial charge in [0.1, 0.15) is 11.3 Å². The van der Waals surface area contributed by atoms with Gasteiger partial charge >= 0.3 is 12.4 Å². The summed E-state index contributed by atoms with van der Waals surface area (Å²) in [5, 5.41) is 27.1. The lowest BCUT2D eigenvalue weighted by atomic mass is 9.89. The number of thiazole rings is 1. The summed E-state index contributed by atoms with van der Waals surface area (Å²) >= 11 is 0.557. The molecule has 3 aromatic rings. The van der Waals surface area contributed by atoms with Gasteiger partial charge < -0.3 is 19.5 Å². The maximum Gasteiger partial charge on any atom is 0.430 e. The Balaban J connectivity index is 1.93. The lowest BCUT2D eigenvalue weighted by molar-refractivity contribution is -0.376. The van der Waals surface area contributed by atoms with E-state index in [1.807, 2.05) is 0 Å². The molecule has 1 aromatic carbocycles. The van der Waals surface area contributed by atoms with Crippen LogP contribution >= 0.6 is 11.3 Å². The zero-order chi connectivity index (χ0) is 30.7. The number of aromatic nitrogens is 3. The highest BCUT2D eigenvalue weighted by atomic mass is 32.1. The average molecular weight is 615 g/mol. The van der Waals surface area contributed by atoms with Gasteiger partial charge in [-0.1, -0.05) is 12.1 Å². The van der Waals surface area contributed by atoms with Crippen molar-refractivity contribution in [3.8, 4) is 21.3 Å². The number of amides is 1. The summed E-state index contributed by atoms with van der Waals surface area (Å²) in [7, 11) is 0. The minimum absolute atomic E-state index is 0.0911. The maximum atomic E-state index is 14.2. The number of likely N-dealkylation sites (tertiary alicyclic amines) is 1. The lowest BCUT2D eigenvalue weighted by Crippen LogP contribution is -2.54. The van der Waals surface area contributed by atoms with Crippen molar-refractivity contribution in [2.24, 2.45) is 0 Å². The fourth-order valence-electron chi connectivity index (χ4n) is 4.33. The number of nitrogens with zero attached hydrogens (tertiary/aromatic N) is 4. The Morgan fingerprint density at radius 3 is 2.22 bits per heavy atom. The molecule has 0 bridgehead atoms. The van der Waals surface area contributed by atoms with Crippen molar-refractivity contribution in [2.75, 3.05) is 6.54 Å². The van der Waals surface area contributed by atoms with Crippen molar-refractivity contribution < 1.29 is 54.5 Å². The SMILES string of the molecule is CC1CCCN1C(=O)c1nc(-c2nnc(C(C)(C)O)o2)sc1-c1ccc(C(O)(C(F)(F)F)C(F)(F)F)cc1C(F)F. The van der Waals surface area contributed by atoms with Gasteiger partial charge in [-0.25, -0.2) is 13.8 Å². The van der Waals surface area contributed by atoms with E-state index >= 15 is 0 Å². The Morgan fingerprint density at radius 1 is 1.10 bits per heavy atom. The molecule has 1 unspecified atom stereocenters. The molecule has 1 saturated heterocycles. The molecule has 1 atom stereocenters. The number of rotatable bonds is 6. The molecule has 224 valence electrons. The fourth-order valence-corrected chi connectivity index (χ4v) is 5.36. The van der Waals surface area contributed by atoms with Crippen LogP contribution in [0.4, 0.5) is 35.1 Å². The molecule has 0 spiro atoms. The summed E-state index contributed by atoms with van der Waals surface area (Å²) in [6.07, 6.45) is -15.0. The van der Waals surface area contributed by atoms with Gasteiger partial charge in [0.2, 0.25) is 5.89 Å². The van der Waals surface area contributed by atoms with Crippen LogP contribution in [-0.4, -0.2) is 61.1 Å². The first kappa shape index (κ1) is 30.8. The standard InChI is InChI=1S/C24H22F8N4O4S/c1-10-5-4-8-36(10)19(37)14-15(41-18(33-14)17-34-35-20(40-17)21(2,3)38)12-7-6-11(9-13(12)16(25)26)22(39,23(27,28)29)24(30,31)32/h6-7,9-10,16,38-39H,4-5,8H2,1-3H3. The third kappa shape index (κ3) is 5.41. The molecule has 4 rings (SSSR count). The van der Waals surface area contributed by atoms with Crippen LogP contribution in [0.3, 0.4) is 0 Å². The van der Waals surface area contributed by atoms with Gasteiger partial charge in [-0.15, -0.1) is 21.5 Å². The Bertz CT molecular complexity index is 1430. The van der Waals surface area contributed by atoms with Crippen LogP contribution in [-0.2, 0) is 11.2 Å². The number of hydrogen-bond donors (Lipinski definition) is 2. The normalized spacial score (nSPS) is 17.1. The molecule has 1 aliphatic heterocycles. The number of alkyl halides is 8. The van der Waals surface area contributed by atoms with Gasteiger partial charge in [0, 0.05) is 29.3 Å². The van der Waals surface area contributed by atoms with Gasteiger partial charge in [-0.05, 0) is 39.7 Å². The lowest BCUT2D eigenvalue weighted by Gasteiger charge is -2.33. The molecule has 17 heteroatoms. The van der Waals surface area contributed by atoms with Crippen LogP contribution in [0.25, 0.3) is 21.3 Å². The largest absolute Gasteiger partial charge is 0.430 e. The molecule has 0 aliphatic carbocycles. The third-order valence-electron chi connectivity index (χ3n) is 6.54. The molecule has 3 heterocycles. The molecular weight excluding hydrogens is 592 g/mol. The Kier molecular flexibility index (Phi) is 7.71. The monoisotopic (exact) mass is 614 g/mol. The zero-order valence-electron chi connectivity index (χ0n) is 21.4. The van der Waals surface area contributed by atoms with Crippen LogP contribution in [0.15, 0.2) is 22.6 Å². The number of halogens is 8. The van der Waals surface area contributed by atoms with E-state index < -0.39 is 58.3 Å². The van der Waals surface area contributed by atoms with E-state index in [4.69, 9.17) is 4.42 Å². The van der Waals surface area contributed by atoms with Crippen molar-refractivity contribution in [3.63, 3.8) is 0 Å². The first-order chi connectivity index (χ1) is 18.8. The molecule has 41 heavy (non-hydrogen) atoms. The smallest absolute Gasteiger partial charge is 0.415 e. The van der Waals surface area contributed by atoms with E-state index in [1.165, 1.54) is 18.7 Å². The van der Waals surface area contributed by atoms with Crippen molar-refractivity contribution in [3.05, 3.63) is 40.9 Å². The number of carbonyl (C=O) groups excluding carboxylic acids is 1. The molecule has 1 aliphatic rings. The molecule has 2 aromatic heterocycles. The van der Waals surface area contributed by atoms with Gasteiger partial charge in [-0.3, -0.25) is 4.79 Å². The Morgan fingerprint density at radius 2 is 1.73 bits per heavy atom. The predicted octanol–water partition coefficient (Wildman–Crippen LogP) is 5.96. The van der Waals surface area contributed by atoms with E-state index in [-0.39, 0.29) is 39.8 Å². The second-order valence-electron chi connectivity index (χ2n) is 9.97. The molecule has 2 N–H and O–H groups in total. The second kappa shape index (κ2) is 10.3. The molecule has 1 amide bonds. The molecular formula is C24H22F8N4O4S. The fraction of sp³-hybridized carbons (Fsp3) is 0.500.